The van der Waals surface area contributed by atoms with E-state index in [0.29, 0.717) is 17.4 Å². The maximum absolute atomic E-state index is 12.9. The molecular weight excluding hydrogens is 851 g/mol. The van der Waals surface area contributed by atoms with Crippen LogP contribution in [0.15, 0.2) is 24.3 Å². The van der Waals surface area contributed by atoms with Gasteiger partial charge in [0.2, 0.25) is 0 Å². The normalized spacial score (nSPS) is 12.9. The number of nitrogens with zero attached hydrogens (tertiary/aromatic N) is 1. The number of carboxylic acids is 1. The van der Waals surface area contributed by atoms with Gasteiger partial charge in [-0.05, 0) is 44.9 Å². The van der Waals surface area contributed by atoms with E-state index in [9.17, 15) is 19.5 Å². The number of rotatable bonds is 54. The van der Waals surface area contributed by atoms with E-state index in [1.807, 2.05) is 21.1 Å². The Balaban J connectivity index is 4.12. The second-order valence-corrected chi connectivity index (χ2v) is 21.0. The van der Waals surface area contributed by atoms with E-state index < -0.39 is 18.4 Å². The molecule has 0 amide bonds. The number of ether oxygens (including phenoxy) is 4. The summed E-state index contributed by atoms with van der Waals surface area (Å²) in [4.78, 5) is 37.3. The predicted molar refractivity (Wildman–Crippen MR) is 286 cm³/mol. The first-order valence-electron chi connectivity index (χ1n) is 29.0. The predicted octanol–water partition coefficient (Wildman–Crippen LogP) is 16.7. The van der Waals surface area contributed by atoms with Gasteiger partial charge in [-0.25, -0.2) is 4.79 Å². The Hall–Kier alpha value is -2.23. The molecule has 2 atom stereocenters. The molecule has 2 unspecified atom stereocenters. The van der Waals surface area contributed by atoms with Crippen molar-refractivity contribution in [1.82, 2.24) is 0 Å². The Labute approximate surface area is 420 Å². The number of hydrogen-bond donors (Lipinski definition) is 1. The fraction of sp³-hybridized carbons (Fsp3) is 0.881. The summed E-state index contributed by atoms with van der Waals surface area (Å²) in [6.07, 6.45) is 56.9. The summed E-state index contributed by atoms with van der Waals surface area (Å²) in [6, 6.07) is 0. The van der Waals surface area contributed by atoms with Crippen LogP contribution in [0.2, 0.25) is 0 Å². The quantitative estimate of drug-likeness (QED) is 0.0211. The highest BCUT2D eigenvalue weighted by molar-refractivity contribution is 5.71. The molecule has 9 heteroatoms. The van der Waals surface area contributed by atoms with Gasteiger partial charge in [0.1, 0.15) is 13.2 Å². The van der Waals surface area contributed by atoms with E-state index in [1.54, 1.807) is 0 Å². The summed E-state index contributed by atoms with van der Waals surface area (Å²) in [5.41, 5.74) is 0. The molecular formula is C59H112NO8+. The lowest BCUT2D eigenvalue weighted by Gasteiger charge is -2.25. The molecule has 0 rings (SSSR count). The van der Waals surface area contributed by atoms with Crippen molar-refractivity contribution < 1.29 is 42.9 Å². The number of quaternary nitrogens is 1. The Bertz CT molecular complexity index is 1170. The van der Waals surface area contributed by atoms with E-state index in [-0.39, 0.29) is 38.2 Å². The lowest BCUT2D eigenvalue weighted by Crippen LogP contribution is -2.40. The van der Waals surface area contributed by atoms with Gasteiger partial charge in [-0.2, -0.15) is 0 Å². The molecule has 0 saturated carbocycles. The molecule has 0 aliphatic carbocycles. The fourth-order valence-electron chi connectivity index (χ4n) is 8.46. The number of carbonyl (C=O) groups is 3. The van der Waals surface area contributed by atoms with Crippen LogP contribution in [0.3, 0.4) is 0 Å². The molecule has 68 heavy (non-hydrogen) atoms. The molecule has 0 fully saturated rings. The van der Waals surface area contributed by atoms with Crippen LogP contribution >= 0.6 is 0 Å². The number of likely N-dealkylation sites (N-methyl/N-ethyl adjacent to an activating group) is 1. The summed E-state index contributed by atoms with van der Waals surface area (Å²) < 4.78 is 22.9. The maximum atomic E-state index is 12.9. The molecule has 0 bridgehead atoms. The number of unbranched alkanes of at least 4 members (excludes halogenated alkanes) is 35. The van der Waals surface area contributed by atoms with Crippen molar-refractivity contribution in [3.8, 4) is 0 Å². The molecule has 0 aromatic carbocycles. The van der Waals surface area contributed by atoms with Crippen molar-refractivity contribution >= 4 is 17.9 Å². The van der Waals surface area contributed by atoms with Crippen LogP contribution in [0, 0.1) is 0 Å². The molecule has 0 radical (unpaired) electrons. The summed E-state index contributed by atoms with van der Waals surface area (Å²) in [6.45, 7) is 4.91. The monoisotopic (exact) mass is 963 g/mol. The third-order valence-corrected chi connectivity index (χ3v) is 13.0. The summed E-state index contributed by atoms with van der Waals surface area (Å²) in [5.74, 6) is -1.98. The van der Waals surface area contributed by atoms with E-state index >= 15 is 0 Å². The molecule has 1 N–H and O–H groups in total. The number of esters is 2. The van der Waals surface area contributed by atoms with Crippen LogP contribution in [0.5, 0.6) is 0 Å². The molecule has 9 nitrogen and oxygen atoms in total. The Kier molecular flexibility index (Phi) is 49.5. The molecule has 0 spiro atoms. The van der Waals surface area contributed by atoms with Gasteiger partial charge < -0.3 is 28.5 Å². The lowest BCUT2D eigenvalue weighted by atomic mass is 10.0. The standard InChI is InChI=1S/C59H111NO8/c1-6-8-10-12-14-16-18-20-22-23-24-25-26-27-28-29-30-31-32-33-34-35-36-38-40-42-44-46-48-50-57(62)68-55(54-67-59(58(63)64)65-52-51-60(3,4)5)53-66-56(61)49-47-45-43-41-39-37-21-19-17-15-13-11-9-7-2/h18,20,23-24,55,59H,6-17,19,21-22,25-54H2,1-5H3/p+1/b20-18-,24-23-. The number of carboxylic acid groups (broad SMARTS) is 1. The molecule has 0 aromatic rings. The van der Waals surface area contributed by atoms with Gasteiger partial charge in [0.25, 0.3) is 6.29 Å². The van der Waals surface area contributed by atoms with Crippen molar-refractivity contribution in [2.24, 2.45) is 0 Å². The van der Waals surface area contributed by atoms with E-state index in [2.05, 4.69) is 38.2 Å². The van der Waals surface area contributed by atoms with Gasteiger partial charge in [-0.1, -0.05) is 244 Å². The van der Waals surface area contributed by atoms with E-state index in [1.165, 1.54) is 205 Å². The maximum Gasteiger partial charge on any atom is 0.361 e. The highest BCUT2D eigenvalue weighted by Crippen LogP contribution is 2.17. The Morgan fingerprint density at radius 2 is 0.794 bits per heavy atom. The number of aliphatic carboxylic acids is 1. The fourth-order valence-corrected chi connectivity index (χ4v) is 8.46. The Morgan fingerprint density at radius 1 is 0.441 bits per heavy atom. The first-order valence-corrected chi connectivity index (χ1v) is 29.0. The zero-order valence-electron chi connectivity index (χ0n) is 45.5. The average molecular weight is 964 g/mol. The van der Waals surface area contributed by atoms with Crippen molar-refractivity contribution in [3.63, 3.8) is 0 Å². The van der Waals surface area contributed by atoms with Crippen LogP contribution < -0.4 is 0 Å². The molecule has 0 aromatic heterocycles. The summed E-state index contributed by atoms with van der Waals surface area (Å²) in [5, 5.41) is 9.69. The average Bonchev–Trinajstić information content (AvgIpc) is 3.30. The van der Waals surface area contributed by atoms with Gasteiger partial charge in [0.05, 0.1) is 34.4 Å². The highest BCUT2D eigenvalue weighted by atomic mass is 16.7. The van der Waals surface area contributed by atoms with Crippen LogP contribution in [-0.4, -0.2) is 87.4 Å². The van der Waals surface area contributed by atoms with Crippen molar-refractivity contribution in [3.05, 3.63) is 24.3 Å². The van der Waals surface area contributed by atoms with Gasteiger partial charge in [0.15, 0.2) is 6.10 Å². The number of carbonyl (C=O) groups excluding carboxylic acids is 2. The van der Waals surface area contributed by atoms with Crippen molar-refractivity contribution in [1.29, 1.82) is 0 Å². The van der Waals surface area contributed by atoms with E-state index in [4.69, 9.17) is 18.9 Å². The van der Waals surface area contributed by atoms with Crippen LogP contribution in [-0.2, 0) is 33.3 Å². The summed E-state index contributed by atoms with van der Waals surface area (Å²) >= 11 is 0. The van der Waals surface area contributed by atoms with Crippen molar-refractivity contribution in [2.45, 2.75) is 289 Å². The van der Waals surface area contributed by atoms with Crippen LogP contribution in [0.25, 0.3) is 0 Å². The van der Waals surface area contributed by atoms with Crippen molar-refractivity contribution in [2.75, 3.05) is 47.5 Å². The Morgan fingerprint density at radius 3 is 1.16 bits per heavy atom. The third-order valence-electron chi connectivity index (χ3n) is 13.0. The lowest BCUT2D eigenvalue weighted by molar-refractivity contribution is -0.870. The number of allylic oxidation sites excluding steroid dienone is 4. The van der Waals surface area contributed by atoms with Gasteiger partial charge >= 0.3 is 17.9 Å². The zero-order valence-corrected chi connectivity index (χ0v) is 45.5. The first-order chi connectivity index (χ1) is 33.1. The first kappa shape index (κ1) is 65.8. The smallest absolute Gasteiger partial charge is 0.361 e. The largest absolute Gasteiger partial charge is 0.477 e. The van der Waals surface area contributed by atoms with Gasteiger partial charge in [-0.15, -0.1) is 0 Å². The molecule has 0 aliphatic heterocycles. The second-order valence-electron chi connectivity index (χ2n) is 21.0. The van der Waals surface area contributed by atoms with Gasteiger partial charge in [0, 0.05) is 12.8 Å². The topological polar surface area (TPSA) is 108 Å². The minimum absolute atomic E-state index is 0.176. The van der Waals surface area contributed by atoms with Gasteiger partial charge in [-0.3, -0.25) is 9.59 Å². The van der Waals surface area contributed by atoms with E-state index in [0.717, 1.165) is 44.9 Å². The second kappa shape index (κ2) is 51.1. The summed E-state index contributed by atoms with van der Waals surface area (Å²) in [7, 11) is 5.97. The zero-order chi connectivity index (χ0) is 49.9. The minimum Gasteiger partial charge on any atom is -0.477 e. The molecule has 400 valence electrons. The SMILES string of the molecule is CCCCCCC/C=C\C/C=C\CCCCCCCCCCCCCCCCCCCC(=O)OC(COC(=O)CCCCCCCCCCCCCCCC)COC(OCC[N+](C)(C)C)C(=O)O. The third kappa shape index (κ3) is 51.6. The molecule has 0 aliphatic rings. The molecule has 0 heterocycles. The number of hydrogen-bond acceptors (Lipinski definition) is 7. The minimum atomic E-state index is -1.51. The van der Waals surface area contributed by atoms with Crippen LogP contribution in [0.4, 0.5) is 0 Å². The molecule has 0 saturated heterocycles. The van der Waals surface area contributed by atoms with Crippen LogP contribution in [0.1, 0.15) is 277 Å². The highest BCUT2D eigenvalue weighted by Gasteiger charge is 2.25.